The van der Waals surface area contributed by atoms with Crippen molar-refractivity contribution in [2.45, 2.75) is 0 Å². The van der Waals surface area contributed by atoms with Gasteiger partial charge in [0, 0.05) is 10.8 Å². The second kappa shape index (κ2) is 10.4. The Hall–Kier alpha value is -5.92. The summed E-state index contributed by atoms with van der Waals surface area (Å²) in [5, 5.41) is 0.753. The molecule has 1 heteroatoms. The van der Waals surface area contributed by atoms with Crippen molar-refractivity contribution >= 4 is 43.5 Å². The number of rotatable bonds is 4. The van der Waals surface area contributed by atoms with Gasteiger partial charge in [0.1, 0.15) is 11.2 Å². The Labute approximate surface area is 285 Å². The molecule has 0 fully saturated rings. The van der Waals surface area contributed by atoms with Crippen molar-refractivity contribution in [3.8, 4) is 44.5 Å². The molecule has 0 aliphatic rings. The molecule has 0 unspecified atom stereocenters. The quantitative estimate of drug-likeness (QED) is 0.186. The molecule has 210 valence electrons. The smallest absolute Gasteiger partial charge is 0.136 e. The zero-order chi connectivity index (χ0) is 44.5. The van der Waals surface area contributed by atoms with Crippen LogP contribution in [0.4, 0.5) is 0 Å². The average Bonchev–Trinajstić information content (AvgIpc) is 3.65. The van der Waals surface area contributed by atoms with Crippen LogP contribution < -0.4 is 0 Å². The van der Waals surface area contributed by atoms with E-state index in [9.17, 15) is 8.22 Å². The number of furan rings is 1. The van der Waals surface area contributed by atoms with Crippen LogP contribution >= 0.6 is 0 Å². The molecule has 45 heavy (non-hydrogen) atoms. The van der Waals surface area contributed by atoms with Gasteiger partial charge in [-0.1, -0.05) is 151 Å². The second-order valence-corrected chi connectivity index (χ2v) is 10.4. The third kappa shape index (κ3) is 4.24. The maximum Gasteiger partial charge on any atom is 0.136 e. The van der Waals surface area contributed by atoms with Crippen LogP contribution in [0.3, 0.4) is 0 Å². The monoisotopic (exact) mass is 589 g/mol. The molecule has 9 aromatic rings. The minimum absolute atomic E-state index is 0.00282. The van der Waals surface area contributed by atoms with Gasteiger partial charge in [-0.2, -0.15) is 0 Å². The Kier molecular flexibility index (Phi) is 3.18. The van der Waals surface area contributed by atoms with E-state index in [2.05, 4.69) is 0 Å². The topological polar surface area (TPSA) is 13.1 Å². The summed E-state index contributed by atoms with van der Waals surface area (Å²) >= 11 is 0. The Morgan fingerprint density at radius 1 is 0.333 bits per heavy atom. The van der Waals surface area contributed by atoms with Gasteiger partial charge in [-0.3, -0.25) is 0 Å². The van der Waals surface area contributed by atoms with Crippen molar-refractivity contribution in [1.82, 2.24) is 0 Å². The first-order chi connectivity index (χ1) is 29.4. The maximum atomic E-state index is 9.31. The summed E-state index contributed by atoms with van der Waals surface area (Å²) in [6.07, 6.45) is 0. The third-order valence-corrected chi connectivity index (χ3v) is 7.89. The third-order valence-electron chi connectivity index (χ3n) is 7.89. The number of hydrogen-bond donors (Lipinski definition) is 0. The van der Waals surface area contributed by atoms with Gasteiger partial charge in [0.2, 0.25) is 0 Å². The molecule has 0 atom stereocenters. The molecule has 0 radical (unpaired) electrons. The zero-order valence-corrected chi connectivity index (χ0v) is 23.3. The van der Waals surface area contributed by atoms with E-state index in [1.54, 1.807) is 24.3 Å². The van der Waals surface area contributed by atoms with Crippen LogP contribution in [0.25, 0.3) is 88.0 Å². The highest BCUT2D eigenvalue weighted by Crippen LogP contribution is 2.44. The first kappa shape index (κ1) is 13.8. The number of hydrogen-bond acceptors (Lipinski definition) is 1. The fourth-order valence-electron chi connectivity index (χ4n) is 5.84. The van der Waals surface area contributed by atoms with Crippen LogP contribution in [-0.4, -0.2) is 0 Å². The molecule has 0 aliphatic carbocycles. The molecule has 0 amide bonds. The van der Waals surface area contributed by atoms with Gasteiger partial charge in [-0.05, 0) is 84.3 Å². The Bertz CT molecular complexity index is 3340. The molecule has 0 aliphatic heterocycles. The average molecular weight is 590 g/mol. The number of para-hydroxylation sites is 1. The van der Waals surface area contributed by atoms with Crippen LogP contribution in [-0.2, 0) is 0 Å². The van der Waals surface area contributed by atoms with Crippen LogP contribution in [0.5, 0.6) is 0 Å². The number of fused-ring (bicyclic) bond motifs is 5. The van der Waals surface area contributed by atoms with E-state index in [1.165, 1.54) is 0 Å². The fraction of sp³-hybridized carbons (Fsp3) is 0. The summed E-state index contributed by atoms with van der Waals surface area (Å²) in [5.74, 6) is 0. The first-order valence-electron chi connectivity index (χ1n) is 22.5. The van der Waals surface area contributed by atoms with Crippen LogP contribution in [0.15, 0.2) is 174 Å². The highest BCUT2D eigenvalue weighted by atomic mass is 16.3. The predicted molar refractivity (Wildman–Crippen MR) is 190 cm³/mol. The second-order valence-electron chi connectivity index (χ2n) is 10.4. The lowest BCUT2D eigenvalue weighted by atomic mass is 9.85. The van der Waals surface area contributed by atoms with E-state index >= 15 is 0 Å². The van der Waals surface area contributed by atoms with Crippen molar-refractivity contribution in [3.05, 3.63) is 169 Å². The number of benzene rings is 8. The first-order valence-corrected chi connectivity index (χ1v) is 14.0. The summed E-state index contributed by atoms with van der Waals surface area (Å²) in [4.78, 5) is 0. The van der Waals surface area contributed by atoms with Crippen molar-refractivity contribution in [2.24, 2.45) is 0 Å². The van der Waals surface area contributed by atoms with Gasteiger partial charge in [-0.15, -0.1) is 0 Å². The van der Waals surface area contributed by atoms with Crippen LogP contribution in [0, 0.1) is 0 Å². The van der Waals surface area contributed by atoms with E-state index in [1.807, 2.05) is 42.5 Å². The van der Waals surface area contributed by atoms with Crippen LogP contribution in [0.2, 0.25) is 0 Å². The highest BCUT2D eigenvalue weighted by molar-refractivity contribution is 6.21. The molecule has 1 nitrogen and oxygen atoms in total. The van der Waals surface area contributed by atoms with Gasteiger partial charge in [0.05, 0.1) is 23.3 Å². The minimum atomic E-state index is -0.858. The van der Waals surface area contributed by atoms with Gasteiger partial charge in [0.15, 0.2) is 0 Å². The molecule has 0 bridgehead atoms. The molecular formula is C44H28O. The summed E-state index contributed by atoms with van der Waals surface area (Å²) in [6, 6.07) is 7.52. The lowest BCUT2D eigenvalue weighted by Crippen LogP contribution is -1.91. The van der Waals surface area contributed by atoms with Crippen LogP contribution in [0.1, 0.15) is 23.3 Å². The SMILES string of the molecule is [2H]c1c([2H])c([2H])c(-c2c([2H])c([2H])c(-c3c4c([2H])c([2H])c([2H])c([2H])c4c(-c4ccc(-c5ccc6c(c5)oc5ccccc56)cc4)c4c([2H])c([2H])c([2H])c([2H])c34)c([2H])c2[2H])c([2H])c1[2H]. The summed E-state index contributed by atoms with van der Waals surface area (Å²) in [6.45, 7) is 0. The highest BCUT2D eigenvalue weighted by Gasteiger charge is 2.17. The molecular weight excluding hydrogens is 544 g/mol. The fourth-order valence-corrected chi connectivity index (χ4v) is 5.84. The molecule has 0 N–H and O–H groups in total. The molecule has 0 saturated carbocycles. The molecule has 8 aromatic carbocycles. The molecule has 9 rings (SSSR count). The van der Waals surface area contributed by atoms with Gasteiger partial charge >= 0.3 is 0 Å². The predicted octanol–water partition coefficient (Wildman–Crippen LogP) is 12.6. The Morgan fingerprint density at radius 2 is 0.822 bits per heavy atom. The zero-order valence-electron chi connectivity index (χ0n) is 40.3. The Balaban J connectivity index is 1.39. The lowest BCUT2D eigenvalue weighted by molar-refractivity contribution is 0.669. The lowest BCUT2D eigenvalue weighted by Gasteiger charge is -2.18. The maximum absolute atomic E-state index is 9.31. The molecule has 0 spiro atoms. The molecule has 0 saturated heterocycles. The van der Waals surface area contributed by atoms with Crippen molar-refractivity contribution in [3.63, 3.8) is 0 Å². The largest absolute Gasteiger partial charge is 0.456 e. The molecule has 1 heterocycles. The summed E-state index contributed by atoms with van der Waals surface area (Å²) in [7, 11) is 0. The van der Waals surface area contributed by atoms with E-state index in [4.69, 9.17) is 19.5 Å². The summed E-state index contributed by atoms with van der Waals surface area (Å²) < 4.78 is 156. The van der Waals surface area contributed by atoms with Crippen molar-refractivity contribution < 1.29 is 27.7 Å². The van der Waals surface area contributed by atoms with E-state index in [-0.39, 0.29) is 27.1 Å². The standard InChI is InChI=1S/C44H28O/c1-2-10-29(11-3-1)30-18-22-32(23-19-30)43-37-13-4-6-15-39(37)44(40-16-7-5-14-38(40)43)33-24-20-31(21-25-33)34-26-27-36-35-12-8-9-17-41(35)45-42(36)28-34/h1-28H/i1D,2D,3D,4D,5D,6D,7D,10D,11D,13D,14D,15D,16D,18D,19D,22D,23D. The Morgan fingerprint density at radius 3 is 1.49 bits per heavy atom. The van der Waals surface area contributed by atoms with Crippen molar-refractivity contribution in [1.29, 1.82) is 0 Å². The van der Waals surface area contributed by atoms with E-state index < -0.39 is 125 Å². The normalized spacial score (nSPS) is 16.8. The van der Waals surface area contributed by atoms with Gasteiger partial charge in [0.25, 0.3) is 0 Å². The van der Waals surface area contributed by atoms with E-state index in [0.717, 1.165) is 27.5 Å². The van der Waals surface area contributed by atoms with E-state index in [0.29, 0.717) is 11.1 Å². The van der Waals surface area contributed by atoms with Crippen molar-refractivity contribution in [2.75, 3.05) is 0 Å². The van der Waals surface area contributed by atoms with Gasteiger partial charge < -0.3 is 4.42 Å². The van der Waals surface area contributed by atoms with Gasteiger partial charge in [-0.25, -0.2) is 0 Å². The summed E-state index contributed by atoms with van der Waals surface area (Å²) in [5.41, 5.74) is 0.938. The minimum Gasteiger partial charge on any atom is -0.456 e. The molecule has 1 aromatic heterocycles.